The van der Waals surface area contributed by atoms with Crippen LogP contribution in [0.5, 0.6) is 0 Å². The van der Waals surface area contributed by atoms with Gasteiger partial charge in [-0.3, -0.25) is 9.69 Å². The zero-order valence-corrected chi connectivity index (χ0v) is 16.2. The summed E-state index contributed by atoms with van der Waals surface area (Å²) in [7, 11) is -0.944. The van der Waals surface area contributed by atoms with Crippen LogP contribution in [0.3, 0.4) is 0 Å². The summed E-state index contributed by atoms with van der Waals surface area (Å²) in [5, 5.41) is 8.94. The van der Waals surface area contributed by atoms with Crippen molar-refractivity contribution in [2.75, 3.05) is 32.1 Å². The largest absolute Gasteiger partial charge is 0.452 e. The van der Waals surface area contributed by atoms with Crippen LogP contribution in [0.15, 0.2) is 59.5 Å². The second-order valence-electron chi connectivity index (χ2n) is 5.86. The number of carbonyl (C=O) groups excluding carboxylic acids is 2. The number of carbonyl (C=O) groups is 2. The molecule has 28 heavy (non-hydrogen) atoms. The van der Waals surface area contributed by atoms with Crippen LogP contribution in [0, 0.1) is 11.3 Å². The lowest BCUT2D eigenvalue weighted by atomic mass is 10.2. The lowest BCUT2D eigenvalue weighted by Gasteiger charge is -2.19. The number of hydrogen-bond donors (Lipinski definition) is 0. The number of nitriles is 1. The molecule has 0 unspecified atom stereocenters. The van der Waals surface area contributed by atoms with Gasteiger partial charge < -0.3 is 4.74 Å². The van der Waals surface area contributed by atoms with Gasteiger partial charge in [-0.2, -0.15) is 5.26 Å². The quantitative estimate of drug-likeness (QED) is 0.516. The van der Waals surface area contributed by atoms with E-state index in [0.717, 1.165) is 4.31 Å². The van der Waals surface area contributed by atoms with Gasteiger partial charge >= 0.3 is 5.97 Å². The highest BCUT2D eigenvalue weighted by Crippen LogP contribution is 2.16. The average molecular weight is 401 g/mol. The van der Waals surface area contributed by atoms with Crippen LogP contribution < -0.4 is 4.90 Å². The molecule has 0 atom stereocenters. The Bertz CT molecular complexity index is 998. The maximum Gasteiger partial charge on any atom is 0.338 e. The minimum atomic E-state index is -3.71. The van der Waals surface area contributed by atoms with E-state index in [1.165, 1.54) is 43.3 Å². The van der Waals surface area contributed by atoms with E-state index in [1.54, 1.807) is 30.3 Å². The zero-order chi connectivity index (χ0) is 20.7. The van der Waals surface area contributed by atoms with Crippen LogP contribution in [0.4, 0.5) is 5.69 Å². The predicted octanol–water partition coefficient (Wildman–Crippen LogP) is 1.65. The molecule has 8 nitrogen and oxygen atoms in total. The maximum atomic E-state index is 12.4. The molecule has 2 aromatic rings. The molecule has 2 aromatic carbocycles. The fourth-order valence-electron chi connectivity index (χ4n) is 2.28. The van der Waals surface area contributed by atoms with Gasteiger partial charge in [0.05, 0.1) is 16.5 Å². The third-order valence-corrected chi connectivity index (χ3v) is 5.58. The standard InChI is InChI=1S/C19H19N3O5S/c1-21(2)28(25,26)17-10-6-7-15(13-17)19(24)27-14-18(23)22(12-11-20)16-8-4-3-5-9-16/h3-10,13H,12,14H2,1-2H3. The molecular weight excluding hydrogens is 382 g/mol. The van der Waals surface area contributed by atoms with Crippen molar-refractivity contribution in [3.63, 3.8) is 0 Å². The summed E-state index contributed by atoms with van der Waals surface area (Å²) < 4.78 is 30.4. The molecule has 0 fully saturated rings. The highest BCUT2D eigenvalue weighted by molar-refractivity contribution is 7.89. The number of para-hydroxylation sites is 1. The smallest absolute Gasteiger partial charge is 0.338 e. The van der Waals surface area contributed by atoms with Gasteiger partial charge in [0, 0.05) is 19.8 Å². The van der Waals surface area contributed by atoms with E-state index in [1.807, 2.05) is 6.07 Å². The number of ether oxygens (including phenoxy) is 1. The van der Waals surface area contributed by atoms with Gasteiger partial charge in [-0.15, -0.1) is 0 Å². The van der Waals surface area contributed by atoms with E-state index in [2.05, 4.69) is 0 Å². The van der Waals surface area contributed by atoms with Crippen molar-refractivity contribution in [3.05, 3.63) is 60.2 Å². The van der Waals surface area contributed by atoms with Crippen molar-refractivity contribution in [3.8, 4) is 6.07 Å². The van der Waals surface area contributed by atoms with Crippen molar-refractivity contribution in [1.29, 1.82) is 5.26 Å². The van der Waals surface area contributed by atoms with Crippen molar-refractivity contribution < 1.29 is 22.7 Å². The molecule has 146 valence electrons. The van der Waals surface area contributed by atoms with E-state index in [-0.39, 0.29) is 17.0 Å². The zero-order valence-electron chi connectivity index (χ0n) is 15.4. The monoisotopic (exact) mass is 401 g/mol. The highest BCUT2D eigenvalue weighted by atomic mass is 32.2. The molecule has 1 amide bonds. The first-order valence-electron chi connectivity index (χ1n) is 8.19. The Morgan fingerprint density at radius 1 is 1.07 bits per heavy atom. The molecule has 2 rings (SSSR count). The molecule has 0 radical (unpaired) electrons. The van der Waals surface area contributed by atoms with Crippen molar-refractivity contribution >= 4 is 27.6 Å². The first kappa shape index (κ1) is 21.1. The molecule has 0 N–H and O–H groups in total. The number of esters is 1. The topological polar surface area (TPSA) is 108 Å². The van der Waals surface area contributed by atoms with Crippen LogP contribution in [0.1, 0.15) is 10.4 Å². The van der Waals surface area contributed by atoms with Gasteiger partial charge in [0.2, 0.25) is 10.0 Å². The second kappa shape index (κ2) is 9.12. The minimum absolute atomic E-state index is 0.00210. The van der Waals surface area contributed by atoms with Crippen molar-refractivity contribution in [2.24, 2.45) is 0 Å². The Labute approximate surface area is 163 Å². The molecule has 9 heteroatoms. The number of anilines is 1. The SMILES string of the molecule is CN(C)S(=O)(=O)c1cccc(C(=O)OCC(=O)N(CC#N)c2ccccc2)c1. The molecular formula is C19H19N3O5S. The Kier molecular flexibility index (Phi) is 6.87. The van der Waals surface area contributed by atoms with Gasteiger partial charge in [-0.05, 0) is 30.3 Å². The summed E-state index contributed by atoms with van der Waals surface area (Å²) in [6.45, 7) is -0.781. The molecule has 0 aromatic heterocycles. The van der Waals surface area contributed by atoms with Gasteiger partial charge in [-0.1, -0.05) is 24.3 Å². The van der Waals surface area contributed by atoms with Gasteiger partial charge in [0.25, 0.3) is 5.91 Å². The molecule has 0 heterocycles. The maximum absolute atomic E-state index is 12.4. The first-order valence-corrected chi connectivity index (χ1v) is 9.63. The fraction of sp³-hybridized carbons (Fsp3) is 0.211. The minimum Gasteiger partial charge on any atom is -0.452 e. The van der Waals surface area contributed by atoms with Crippen LogP contribution in [-0.2, 0) is 19.6 Å². The normalized spacial score (nSPS) is 10.9. The summed E-state index contributed by atoms with van der Waals surface area (Å²) in [5.74, 6) is -1.41. The Morgan fingerprint density at radius 2 is 1.75 bits per heavy atom. The summed E-state index contributed by atoms with van der Waals surface area (Å²) in [4.78, 5) is 25.8. The van der Waals surface area contributed by atoms with Gasteiger partial charge in [0.15, 0.2) is 6.61 Å². The van der Waals surface area contributed by atoms with Gasteiger partial charge in [-0.25, -0.2) is 17.5 Å². The van der Waals surface area contributed by atoms with Crippen LogP contribution in [-0.4, -0.2) is 51.8 Å². The number of benzene rings is 2. The summed E-state index contributed by atoms with van der Waals surface area (Å²) >= 11 is 0. The first-order chi connectivity index (χ1) is 13.3. The van der Waals surface area contributed by atoms with Crippen LogP contribution in [0.2, 0.25) is 0 Å². The number of rotatable bonds is 7. The summed E-state index contributed by atoms with van der Waals surface area (Å²) in [6.07, 6.45) is 0. The average Bonchev–Trinajstić information content (AvgIpc) is 2.70. The van der Waals surface area contributed by atoms with E-state index >= 15 is 0 Å². The predicted molar refractivity (Wildman–Crippen MR) is 102 cm³/mol. The molecule has 0 aliphatic carbocycles. The lowest BCUT2D eigenvalue weighted by Crippen LogP contribution is -2.35. The van der Waals surface area contributed by atoms with Crippen molar-refractivity contribution in [1.82, 2.24) is 4.31 Å². The number of nitrogens with zero attached hydrogens (tertiary/aromatic N) is 3. The van der Waals surface area contributed by atoms with E-state index in [9.17, 15) is 18.0 Å². The molecule has 0 aliphatic rings. The summed E-state index contributed by atoms with van der Waals surface area (Å²) in [6, 6.07) is 15.8. The molecule has 0 bridgehead atoms. The Balaban J connectivity index is 2.11. The molecule has 0 aliphatic heterocycles. The highest BCUT2D eigenvalue weighted by Gasteiger charge is 2.21. The second-order valence-corrected chi connectivity index (χ2v) is 8.02. The number of sulfonamides is 1. The van der Waals surface area contributed by atoms with Gasteiger partial charge in [0.1, 0.15) is 6.54 Å². The Hall–Kier alpha value is -3.22. The lowest BCUT2D eigenvalue weighted by molar-refractivity contribution is -0.121. The third kappa shape index (κ3) is 4.94. The summed E-state index contributed by atoms with van der Waals surface area (Å²) in [5.41, 5.74) is 0.506. The van der Waals surface area contributed by atoms with E-state index in [0.29, 0.717) is 5.69 Å². The number of amides is 1. The van der Waals surface area contributed by atoms with Crippen molar-refractivity contribution in [2.45, 2.75) is 4.90 Å². The fourth-order valence-corrected chi connectivity index (χ4v) is 3.23. The number of hydrogen-bond acceptors (Lipinski definition) is 6. The third-order valence-electron chi connectivity index (χ3n) is 3.77. The molecule has 0 saturated heterocycles. The molecule has 0 saturated carbocycles. The van der Waals surface area contributed by atoms with E-state index < -0.39 is 28.5 Å². The van der Waals surface area contributed by atoms with Crippen LogP contribution in [0.25, 0.3) is 0 Å². The molecule has 0 spiro atoms. The van der Waals surface area contributed by atoms with Crippen LogP contribution >= 0.6 is 0 Å². The Morgan fingerprint density at radius 3 is 2.36 bits per heavy atom. The van der Waals surface area contributed by atoms with E-state index in [4.69, 9.17) is 10.00 Å².